The smallest absolute Gasteiger partial charge is 0.315 e. The third-order valence-corrected chi connectivity index (χ3v) is 7.86. The van der Waals surface area contributed by atoms with Crippen LogP contribution in [0.25, 0.3) is 0 Å². The molecule has 4 aliphatic carbocycles. The first kappa shape index (κ1) is 21.6. The van der Waals surface area contributed by atoms with Crippen LogP contribution in [0.15, 0.2) is 24.3 Å². The summed E-state index contributed by atoms with van der Waals surface area (Å²) in [7, 11) is 0. The highest BCUT2D eigenvalue weighted by Gasteiger charge is 2.51. The number of nitrogens with zero attached hydrogens (tertiary/aromatic N) is 1. The van der Waals surface area contributed by atoms with E-state index in [1.807, 2.05) is 0 Å². The predicted octanol–water partition coefficient (Wildman–Crippen LogP) is 2.80. The molecule has 0 unspecified atom stereocenters. The molecule has 0 atom stereocenters. The molecule has 4 saturated carbocycles. The topological polar surface area (TPSA) is 82.7 Å². The van der Waals surface area contributed by atoms with E-state index in [0.717, 1.165) is 68.9 Å². The Hall–Kier alpha value is -2.28. The lowest BCUT2D eigenvalue weighted by molar-refractivity contribution is -0.121. The van der Waals surface area contributed by atoms with Crippen molar-refractivity contribution in [2.24, 2.45) is 17.8 Å². The van der Waals surface area contributed by atoms with Gasteiger partial charge in [0.2, 0.25) is 5.91 Å². The third-order valence-electron chi connectivity index (χ3n) is 7.86. The van der Waals surface area contributed by atoms with Crippen molar-refractivity contribution in [1.29, 1.82) is 0 Å². The number of carbonyl (C=O) groups excluding carboxylic acids is 2. The number of anilines is 1. The van der Waals surface area contributed by atoms with E-state index in [2.05, 4.69) is 45.1 Å². The second kappa shape index (κ2) is 9.30. The Morgan fingerprint density at radius 3 is 2.19 bits per heavy atom. The van der Waals surface area contributed by atoms with Gasteiger partial charge in [-0.2, -0.15) is 0 Å². The number of benzene rings is 1. The van der Waals surface area contributed by atoms with E-state index < -0.39 is 0 Å². The summed E-state index contributed by atoms with van der Waals surface area (Å²) in [6.45, 7) is 4.24. The molecule has 1 heterocycles. The normalized spacial score (nSPS) is 30.8. The van der Waals surface area contributed by atoms with Crippen LogP contribution in [0.2, 0.25) is 0 Å². The summed E-state index contributed by atoms with van der Waals surface area (Å²) in [5.74, 6) is 2.36. The SMILES string of the molecule is O=C(CCNC(=O)NC12CC3CC(CC(C3)C1)C2)NCc1ccc(N2CCOCC2)cc1. The van der Waals surface area contributed by atoms with Gasteiger partial charge in [0.25, 0.3) is 0 Å². The van der Waals surface area contributed by atoms with Crippen molar-refractivity contribution < 1.29 is 14.3 Å². The van der Waals surface area contributed by atoms with Crippen molar-refractivity contribution in [3.8, 4) is 0 Å². The lowest BCUT2D eigenvalue weighted by Gasteiger charge is -2.56. The molecule has 1 aliphatic heterocycles. The fourth-order valence-corrected chi connectivity index (χ4v) is 6.77. The maximum atomic E-state index is 12.5. The van der Waals surface area contributed by atoms with E-state index in [1.165, 1.54) is 24.9 Å². The van der Waals surface area contributed by atoms with Crippen molar-refractivity contribution in [2.75, 3.05) is 37.7 Å². The number of carbonyl (C=O) groups is 2. The molecule has 174 valence electrons. The number of ether oxygens (including phenoxy) is 1. The quantitative estimate of drug-likeness (QED) is 0.609. The van der Waals surface area contributed by atoms with Gasteiger partial charge in [0.1, 0.15) is 0 Å². The first-order valence-electron chi connectivity index (χ1n) is 12.3. The Bertz CT molecular complexity index is 784. The largest absolute Gasteiger partial charge is 0.378 e. The number of morpholine rings is 1. The zero-order chi connectivity index (χ0) is 22.0. The van der Waals surface area contributed by atoms with Crippen molar-refractivity contribution >= 4 is 17.6 Å². The molecule has 6 rings (SSSR count). The number of hydrogen-bond donors (Lipinski definition) is 3. The molecule has 32 heavy (non-hydrogen) atoms. The van der Waals surface area contributed by atoms with Gasteiger partial charge < -0.3 is 25.6 Å². The summed E-state index contributed by atoms with van der Waals surface area (Å²) in [6.07, 6.45) is 7.78. The summed E-state index contributed by atoms with van der Waals surface area (Å²) in [5, 5.41) is 9.15. The zero-order valence-corrected chi connectivity index (χ0v) is 18.9. The van der Waals surface area contributed by atoms with Crippen LogP contribution in [-0.4, -0.2) is 50.3 Å². The molecule has 5 aliphatic rings. The van der Waals surface area contributed by atoms with Gasteiger partial charge in [-0.05, 0) is 74.0 Å². The van der Waals surface area contributed by atoms with E-state index in [0.29, 0.717) is 19.5 Å². The maximum Gasteiger partial charge on any atom is 0.315 e. The minimum atomic E-state index is -0.113. The molecule has 3 amide bonds. The van der Waals surface area contributed by atoms with Crippen LogP contribution in [0.4, 0.5) is 10.5 Å². The molecule has 3 N–H and O–H groups in total. The highest BCUT2D eigenvalue weighted by atomic mass is 16.5. The van der Waals surface area contributed by atoms with Crippen molar-refractivity contribution in [1.82, 2.24) is 16.0 Å². The summed E-state index contributed by atoms with van der Waals surface area (Å²) in [6, 6.07) is 8.20. The van der Waals surface area contributed by atoms with Crippen LogP contribution in [0, 0.1) is 17.8 Å². The van der Waals surface area contributed by atoms with Crippen LogP contribution in [0.5, 0.6) is 0 Å². The number of hydrogen-bond acceptors (Lipinski definition) is 4. The zero-order valence-electron chi connectivity index (χ0n) is 18.9. The number of rotatable bonds is 7. The first-order valence-corrected chi connectivity index (χ1v) is 12.3. The van der Waals surface area contributed by atoms with Crippen LogP contribution in [-0.2, 0) is 16.1 Å². The average Bonchev–Trinajstić information content (AvgIpc) is 2.77. The van der Waals surface area contributed by atoms with E-state index in [4.69, 9.17) is 4.74 Å². The Balaban J connectivity index is 1.00. The fraction of sp³-hybridized carbons (Fsp3) is 0.680. The van der Waals surface area contributed by atoms with Gasteiger partial charge in [0.15, 0.2) is 0 Å². The molecule has 7 heteroatoms. The average molecular weight is 441 g/mol. The molecule has 0 radical (unpaired) electrons. The van der Waals surface area contributed by atoms with E-state index in [-0.39, 0.29) is 17.5 Å². The maximum absolute atomic E-state index is 12.5. The van der Waals surface area contributed by atoms with Gasteiger partial charge in [-0.25, -0.2) is 4.79 Å². The van der Waals surface area contributed by atoms with Crippen molar-refractivity contribution in [2.45, 2.75) is 57.0 Å². The lowest BCUT2D eigenvalue weighted by atomic mass is 9.53. The third kappa shape index (κ3) is 5.03. The Kier molecular flexibility index (Phi) is 6.26. The van der Waals surface area contributed by atoms with Gasteiger partial charge in [-0.1, -0.05) is 12.1 Å². The Morgan fingerprint density at radius 1 is 0.938 bits per heavy atom. The summed E-state index contributed by atoms with van der Waals surface area (Å²) < 4.78 is 5.40. The van der Waals surface area contributed by atoms with Crippen LogP contribution in [0.1, 0.15) is 50.5 Å². The molecule has 7 nitrogen and oxygen atoms in total. The number of amides is 3. The molecular formula is C25H36N4O3. The molecule has 0 aromatic heterocycles. The second-order valence-electron chi connectivity index (χ2n) is 10.4. The van der Waals surface area contributed by atoms with Gasteiger partial charge in [-0.15, -0.1) is 0 Å². The van der Waals surface area contributed by atoms with Gasteiger partial charge in [0.05, 0.1) is 13.2 Å². The monoisotopic (exact) mass is 440 g/mol. The fourth-order valence-electron chi connectivity index (χ4n) is 6.77. The van der Waals surface area contributed by atoms with E-state index >= 15 is 0 Å². The molecular weight excluding hydrogens is 404 g/mol. The molecule has 0 spiro atoms. The summed E-state index contributed by atoms with van der Waals surface area (Å²) in [5.41, 5.74) is 2.27. The Labute approximate surface area is 190 Å². The highest BCUT2D eigenvalue weighted by molar-refractivity contribution is 5.78. The second-order valence-corrected chi connectivity index (χ2v) is 10.4. The predicted molar refractivity (Wildman–Crippen MR) is 123 cm³/mol. The lowest BCUT2D eigenvalue weighted by Crippen LogP contribution is -2.61. The molecule has 1 aromatic rings. The molecule has 1 saturated heterocycles. The van der Waals surface area contributed by atoms with Crippen molar-refractivity contribution in [3.63, 3.8) is 0 Å². The van der Waals surface area contributed by atoms with E-state index in [1.54, 1.807) is 0 Å². The number of nitrogens with one attached hydrogen (secondary N) is 3. The summed E-state index contributed by atoms with van der Waals surface area (Å²) in [4.78, 5) is 27.0. The van der Waals surface area contributed by atoms with Gasteiger partial charge in [0, 0.05) is 43.8 Å². The Morgan fingerprint density at radius 2 is 1.56 bits per heavy atom. The molecule has 1 aromatic carbocycles. The minimum Gasteiger partial charge on any atom is -0.378 e. The number of urea groups is 1. The minimum absolute atomic E-state index is 0.00841. The highest BCUT2D eigenvalue weighted by Crippen LogP contribution is 2.55. The standard InChI is InChI=1S/C25H36N4O3/c30-23(27-17-18-1-3-22(4-2-18)29-7-9-32-10-8-29)5-6-26-24(31)28-25-14-19-11-20(15-25)13-21(12-19)16-25/h1-4,19-21H,5-17H2,(H,27,30)(H2,26,28,31). The van der Waals surface area contributed by atoms with E-state index in [9.17, 15) is 9.59 Å². The molecule has 5 fully saturated rings. The summed E-state index contributed by atoms with van der Waals surface area (Å²) >= 11 is 0. The van der Waals surface area contributed by atoms with Crippen LogP contribution >= 0.6 is 0 Å². The van der Waals surface area contributed by atoms with Gasteiger partial charge >= 0.3 is 6.03 Å². The van der Waals surface area contributed by atoms with Crippen LogP contribution < -0.4 is 20.9 Å². The van der Waals surface area contributed by atoms with Gasteiger partial charge in [-0.3, -0.25) is 4.79 Å². The van der Waals surface area contributed by atoms with Crippen molar-refractivity contribution in [3.05, 3.63) is 29.8 Å². The van der Waals surface area contributed by atoms with Crippen LogP contribution in [0.3, 0.4) is 0 Å². The molecule has 4 bridgehead atoms. The first-order chi connectivity index (χ1) is 15.6.